The molecule has 19 N–H and O–H groups in total. The molecule has 9 aromatic heterocycles. The Bertz CT molecular complexity index is 6890. The molecule has 0 spiro atoms. The molecule has 0 amide bonds. The molecular formula is C75H108N23O41P5S3. The molecule has 0 saturated carbocycles. The van der Waals surface area contributed by atoms with Gasteiger partial charge in [-0.2, -0.15) is 24.9 Å². The zero-order valence-corrected chi connectivity index (χ0v) is 86.1. The minimum atomic E-state index is -5.98. The maximum absolute atomic E-state index is 15.7. The van der Waals surface area contributed by atoms with Crippen molar-refractivity contribution in [1.82, 2.24) is 87.2 Å². The molecule has 11 unspecified atom stereocenters. The largest absolute Gasteiger partial charge is 0.472 e. The quantitative estimate of drug-likeness (QED) is 0.0105. The number of aromatic nitrogens is 18. The number of imidazole rings is 3. The number of phosphoric ester groups is 2. The summed E-state index contributed by atoms with van der Waals surface area (Å²) in [6, 6.07) is 0. The van der Waals surface area contributed by atoms with Crippen LogP contribution in [0.25, 0.3) is 33.5 Å². The van der Waals surface area contributed by atoms with Crippen LogP contribution >= 0.6 is 48.1 Å². The van der Waals surface area contributed by atoms with E-state index >= 15 is 13.7 Å². The molecule has 6 saturated heterocycles. The SMILES string of the molecule is COCCO[C@H]1C(O)[C@@H](COP(O)(=S)OC2[C@@H](COP(=O)(S)OC3[C@@H](COP(=O)(O)OC4[C@@H](COP(=O)(O)OC5[C@@H](COP(O)(=S)OC6C[C@H](n7cc(C)c(=O)[nH]c7=O)O[C@@H]6C)O[C@@H](n6cnc7c(=O)[nH]c(N)nc76)[C@H]5OCCOC)O[C@@H](n5cc(C)c(N)nc5=O)[C@H]4OCCOC)O[C@@H](n4cnc5c(=O)[nH]c(N)nc54)[C@H]3OCCOC)O[C@@H](n3cnc4c(=O)[nH]c(N)nc43)[C@H]2OCCOC)O[C@H]1n1cc(C)c(N)nc1=O. The number of ether oxygens (including phenoxy) is 16. The molecule has 0 aromatic carbocycles. The molecule has 6 aliphatic heterocycles. The number of aromatic amines is 4. The van der Waals surface area contributed by atoms with Gasteiger partial charge < -0.3 is 143 Å². The Morgan fingerprint density at radius 2 is 0.728 bits per heavy atom. The predicted molar refractivity (Wildman–Crippen MR) is 510 cm³/mol. The van der Waals surface area contributed by atoms with Crippen molar-refractivity contribution < 1.29 is 159 Å². The van der Waals surface area contributed by atoms with Gasteiger partial charge in [0.05, 0.1) is 130 Å². The van der Waals surface area contributed by atoms with Crippen LogP contribution in [-0.4, -0.2) is 350 Å². The van der Waals surface area contributed by atoms with E-state index in [0.717, 1.165) is 41.8 Å². The van der Waals surface area contributed by atoms with Crippen molar-refractivity contribution in [3.8, 4) is 0 Å². The number of nitrogens with zero attached hydrogens (tertiary/aromatic N) is 14. The Kier molecular flexibility index (Phi) is 36.7. The van der Waals surface area contributed by atoms with Crippen LogP contribution in [0.4, 0.5) is 29.5 Å². The number of hydrogen-bond donors (Lipinski definition) is 15. The highest BCUT2D eigenvalue weighted by molar-refractivity contribution is 8.44. The zero-order chi connectivity index (χ0) is 106. The number of anilines is 5. The number of aryl methyl sites for hydroxylation is 3. The van der Waals surface area contributed by atoms with E-state index in [1.54, 1.807) is 13.8 Å². The maximum Gasteiger partial charge on any atom is 0.472 e. The number of nitrogen functional groups attached to an aromatic ring is 5. The van der Waals surface area contributed by atoms with Gasteiger partial charge in [-0.3, -0.25) is 98.2 Å². The number of H-pyrrole nitrogens is 4. The van der Waals surface area contributed by atoms with Gasteiger partial charge >= 0.3 is 52.9 Å². The van der Waals surface area contributed by atoms with Crippen molar-refractivity contribution in [2.24, 2.45) is 0 Å². The third kappa shape index (κ3) is 26.2. The summed E-state index contributed by atoms with van der Waals surface area (Å²) >= 11 is 15.7. The summed E-state index contributed by atoms with van der Waals surface area (Å²) in [7, 11) is -5.19. The minimum Gasteiger partial charge on any atom is -0.387 e. The van der Waals surface area contributed by atoms with E-state index in [9.17, 15) is 58.2 Å². The van der Waals surface area contributed by atoms with Gasteiger partial charge in [-0.25, -0.2) is 43.0 Å². The van der Waals surface area contributed by atoms with Gasteiger partial charge in [0.1, 0.15) is 109 Å². The first-order valence-corrected chi connectivity index (χ1v) is 55.3. The fraction of sp³-hybridized carbons (Fsp3) is 0.640. The topological polar surface area (TPSA) is 838 Å². The number of aliphatic hydroxyl groups is 1. The maximum atomic E-state index is 15.7. The average molecular weight is 2240 g/mol. The summed E-state index contributed by atoms with van der Waals surface area (Å²) in [4.78, 5) is 184. The number of fused-ring (bicyclic) bond motifs is 3. The number of nitrogens with two attached hydrogens (primary N) is 5. The van der Waals surface area contributed by atoms with E-state index in [4.69, 9.17) is 173 Å². The Balaban J connectivity index is 0.731. The van der Waals surface area contributed by atoms with Crippen LogP contribution in [0.3, 0.4) is 0 Å². The van der Waals surface area contributed by atoms with Crippen LogP contribution in [0.15, 0.2) is 71.1 Å². The monoisotopic (exact) mass is 2240 g/mol. The molecule has 15 rings (SSSR count). The molecular weight excluding hydrogens is 2130 g/mol. The molecule has 0 aliphatic carbocycles. The summed E-state index contributed by atoms with van der Waals surface area (Å²) in [5.41, 5.74) is 23.4. The van der Waals surface area contributed by atoms with Gasteiger partial charge in [0.2, 0.25) is 17.8 Å². The molecule has 28 atom stereocenters. The predicted octanol–water partition coefficient (Wildman–Crippen LogP) is -2.72. The Labute approximate surface area is 842 Å². The van der Waals surface area contributed by atoms with Crippen LogP contribution in [0.5, 0.6) is 0 Å². The van der Waals surface area contributed by atoms with E-state index in [1.165, 1.54) is 72.6 Å². The molecule has 0 radical (unpaired) electrons. The molecule has 147 heavy (non-hydrogen) atoms. The van der Waals surface area contributed by atoms with Gasteiger partial charge in [0.25, 0.3) is 22.2 Å². The van der Waals surface area contributed by atoms with Crippen molar-refractivity contribution in [2.75, 3.05) is 163 Å². The smallest absolute Gasteiger partial charge is 0.387 e. The second-order valence-electron chi connectivity index (χ2n) is 33.5. The molecule has 64 nitrogen and oxygen atoms in total. The van der Waals surface area contributed by atoms with Crippen molar-refractivity contribution in [3.05, 3.63) is 127 Å². The summed E-state index contributed by atoms with van der Waals surface area (Å²) in [6.07, 6.45) is -30.9. The molecule has 0 bridgehead atoms. The van der Waals surface area contributed by atoms with E-state index in [0.29, 0.717) is 5.56 Å². The summed E-state index contributed by atoms with van der Waals surface area (Å²) < 4.78 is 210. The molecule has 9 aromatic rings. The number of rotatable bonds is 51. The van der Waals surface area contributed by atoms with E-state index in [1.807, 2.05) is 0 Å². The highest BCUT2D eigenvalue weighted by Crippen LogP contribution is 2.60. The normalized spacial score (nSPS) is 29.0. The number of aliphatic hydroxyl groups excluding tert-OH is 1. The highest BCUT2D eigenvalue weighted by atomic mass is 32.7. The average Bonchev–Trinajstić information content (AvgIpc) is 1.68. The summed E-state index contributed by atoms with van der Waals surface area (Å²) in [5.74, 6) is -1.57. The van der Waals surface area contributed by atoms with Crippen molar-refractivity contribution >= 4 is 135 Å². The second kappa shape index (κ2) is 47.9. The second-order valence-corrected chi connectivity index (χ2v) is 44.8. The van der Waals surface area contributed by atoms with Crippen LogP contribution in [-0.2, 0) is 158 Å². The van der Waals surface area contributed by atoms with Crippen molar-refractivity contribution in [2.45, 2.75) is 175 Å². The fourth-order valence-electron chi connectivity index (χ4n) is 16.7. The van der Waals surface area contributed by atoms with Crippen molar-refractivity contribution in [3.63, 3.8) is 0 Å². The number of thiol groups is 1. The van der Waals surface area contributed by atoms with Crippen LogP contribution in [0.1, 0.15) is 67.4 Å². The van der Waals surface area contributed by atoms with E-state index < -0.39 is 268 Å². The number of hydrogen-bond acceptors (Lipinski definition) is 52. The Hall–Kier alpha value is -8.41. The van der Waals surface area contributed by atoms with E-state index in [-0.39, 0.29) is 128 Å². The zero-order valence-electron chi connectivity index (χ0n) is 79.1. The number of nitrogens with one attached hydrogen (secondary N) is 4. The minimum absolute atomic E-state index is 0.0262. The standard InChI is InChI=1S/C75H108N23O41P5S3/c1-32-21-94(73(104)84-56(32)76)65-51(119-15-10-114-5)46(99)37(130-65)24-126-143(112,146)139-50-41(134-69(55(50)123-19-14-118-9)98-31-83-45-60(98)88-72(80)91-64(45)103)28-128-144(113,147)138-49-39(132-68(54(49)122-18-13-117-8)97-30-82-44-59(97)87-71(79)90-63(44)102)26-125-141(109,110)136-47-38(131-66(52(47)120-16-11-115-6)95-22-33(2)57(77)85-74(95)105)25-124-140(107,108)137-48-40(133-67(53(48)121-17-12-116-7)96-29-81-43-58(96)86-70(78)89-62(43)101)27-127-142(111,145)135-36-20-42(129-35(36)4)93-23-34(3)61(100)92-75(93)106/h21-23,29-31,35-42,46-55,65-69,99H,10-20,24-28H2,1-9H3,(H,107,108)(H,109,110)(H,111,145)(H,112,146)(H,113,147)(H2,76,84,104)(H2,77,85,105)(H,92,100,106)(H3,78,86,89,101)(H3,79,87,90,102)(H3,80,88,91,103)/t35-,36?,37-,38-,39-,40-,41-,42-,46?,47?,48?,49?,50?,51+,52+,53+,54+,55+,65-,66-,67-,68-,69-,142?,143?,144?/m1/s1. The molecule has 812 valence electrons. The first-order valence-electron chi connectivity index (χ1n) is 44.4. The lowest BCUT2D eigenvalue weighted by Crippen LogP contribution is -2.41. The first kappa shape index (κ1) is 113. The van der Waals surface area contributed by atoms with Gasteiger partial charge in [0, 0.05) is 77.3 Å². The number of methoxy groups -OCH3 is 5. The molecule has 6 aliphatic rings. The lowest BCUT2D eigenvalue weighted by Gasteiger charge is -2.30. The van der Waals surface area contributed by atoms with Gasteiger partial charge in [-0.05, 0) is 51.3 Å². The first-order chi connectivity index (χ1) is 69.8. The third-order valence-corrected chi connectivity index (χ3v) is 30.3. The van der Waals surface area contributed by atoms with Crippen LogP contribution in [0, 0.1) is 20.8 Å². The fourth-order valence-corrected chi connectivity index (χ4v) is 23.0. The Morgan fingerprint density at radius 3 is 1.12 bits per heavy atom. The Morgan fingerprint density at radius 1 is 0.401 bits per heavy atom. The molecule has 72 heteroatoms. The van der Waals surface area contributed by atoms with Gasteiger partial charge in [0.15, 0.2) is 64.6 Å². The van der Waals surface area contributed by atoms with Crippen molar-refractivity contribution in [1.29, 1.82) is 0 Å². The lowest BCUT2D eigenvalue weighted by atomic mass is 10.1. The lowest BCUT2D eigenvalue weighted by molar-refractivity contribution is -0.0843. The molecule has 15 heterocycles. The molecule has 6 fully saturated rings. The third-order valence-electron chi connectivity index (χ3n) is 23.6. The number of phosphoric acid groups is 2. The van der Waals surface area contributed by atoms with Crippen LogP contribution < -0.4 is 68.0 Å². The van der Waals surface area contributed by atoms with Crippen LogP contribution in [0.2, 0.25) is 0 Å². The van der Waals surface area contributed by atoms with Gasteiger partial charge in [-0.1, -0.05) is 12.2 Å². The highest BCUT2D eigenvalue weighted by Gasteiger charge is 2.59. The summed E-state index contributed by atoms with van der Waals surface area (Å²) in [5, 5.41) is 11.9. The summed E-state index contributed by atoms with van der Waals surface area (Å²) in [6.45, 7) is -16.2. The van der Waals surface area contributed by atoms with E-state index in [2.05, 4.69) is 72.1 Å². The van der Waals surface area contributed by atoms with Gasteiger partial charge in [-0.15, -0.1) is 0 Å².